The van der Waals surface area contributed by atoms with Gasteiger partial charge < -0.3 is 14.8 Å². The number of rotatable bonds is 2. The zero-order chi connectivity index (χ0) is 20.6. The predicted molar refractivity (Wildman–Crippen MR) is 105 cm³/mol. The zero-order valence-corrected chi connectivity index (χ0v) is 18.0. The van der Waals surface area contributed by atoms with E-state index in [1.165, 1.54) is 24.3 Å². The predicted octanol–water partition coefficient (Wildman–Crippen LogP) is 4.41. The fourth-order valence-corrected chi connectivity index (χ4v) is 8.36. The third kappa shape index (κ3) is 2.87. The Labute approximate surface area is 173 Å². The van der Waals surface area contributed by atoms with Crippen molar-refractivity contribution >= 4 is 0 Å². The van der Waals surface area contributed by atoms with Crippen LogP contribution in [0.15, 0.2) is 0 Å². The van der Waals surface area contributed by atoms with Gasteiger partial charge in [-0.15, -0.1) is 10.1 Å². The standard InChI is InChI=1S/C22H36N2O5/c1-20(2)13-28-22(23(20)25)11-10-21(3)14(12-22)4-5-16-15-7-9-19(29-24(26)27)17(15)6-8-18(16)21/h14-19,25H,4-13H2,1-3H3/t14-,15?,16?,17?,18?,19-,21-,22?/m0/s1. The molecule has 5 rings (SSSR count). The van der Waals surface area contributed by atoms with Gasteiger partial charge in [0.2, 0.25) is 0 Å². The number of hydrogen-bond donors (Lipinski definition) is 1. The fourth-order valence-electron chi connectivity index (χ4n) is 8.36. The van der Waals surface area contributed by atoms with Gasteiger partial charge in [-0.3, -0.25) is 0 Å². The highest BCUT2D eigenvalue weighted by atomic mass is 17.0. The molecule has 0 bridgehead atoms. The molecule has 0 aromatic heterocycles. The first-order chi connectivity index (χ1) is 13.7. The van der Waals surface area contributed by atoms with Gasteiger partial charge in [0.1, 0.15) is 11.8 Å². The third-order valence-electron chi connectivity index (χ3n) is 9.81. The Hall–Kier alpha value is -0.920. The Morgan fingerprint density at radius 2 is 1.76 bits per heavy atom. The summed E-state index contributed by atoms with van der Waals surface area (Å²) in [4.78, 5) is 16.0. The quantitative estimate of drug-likeness (QED) is 0.538. The lowest BCUT2D eigenvalue weighted by atomic mass is 9.46. The van der Waals surface area contributed by atoms with E-state index in [0.717, 1.165) is 38.5 Å². The smallest absolute Gasteiger partial charge is 0.294 e. The molecule has 1 saturated heterocycles. The molecule has 5 fully saturated rings. The number of fused-ring (bicyclic) bond motifs is 5. The fraction of sp³-hybridized carbons (Fsp3) is 1.00. The van der Waals surface area contributed by atoms with Crippen molar-refractivity contribution in [3.05, 3.63) is 10.1 Å². The lowest BCUT2D eigenvalue weighted by Gasteiger charge is -2.61. The lowest BCUT2D eigenvalue weighted by molar-refractivity contribution is -0.770. The number of ether oxygens (including phenoxy) is 1. The molecular weight excluding hydrogens is 372 g/mol. The highest BCUT2D eigenvalue weighted by molar-refractivity contribution is 5.09. The minimum Gasteiger partial charge on any atom is -0.356 e. The molecule has 7 nitrogen and oxygen atoms in total. The molecule has 7 heteroatoms. The molecule has 0 radical (unpaired) electrons. The van der Waals surface area contributed by atoms with Crippen LogP contribution in [0.4, 0.5) is 0 Å². The molecule has 0 amide bonds. The van der Waals surface area contributed by atoms with Crippen molar-refractivity contribution in [2.75, 3.05) is 6.61 Å². The normalized spacial score (nSPS) is 51.3. The van der Waals surface area contributed by atoms with Crippen molar-refractivity contribution in [2.45, 2.75) is 95.9 Å². The molecule has 164 valence electrons. The highest BCUT2D eigenvalue weighted by Gasteiger charge is 2.62. The molecule has 4 saturated carbocycles. The van der Waals surface area contributed by atoms with Gasteiger partial charge in [-0.05, 0) is 107 Å². The van der Waals surface area contributed by atoms with E-state index in [-0.39, 0.29) is 17.1 Å². The minimum absolute atomic E-state index is 0.187. The molecule has 1 spiro atoms. The zero-order valence-electron chi connectivity index (χ0n) is 18.0. The van der Waals surface area contributed by atoms with Crippen LogP contribution < -0.4 is 0 Å². The second-order valence-corrected chi connectivity index (χ2v) is 11.5. The maximum atomic E-state index is 10.9. The van der Waals surface area contributed by atoms with E-state index < -0.39 is 10.8 Å². The van der Waals surface area contributed by atoms with Crippen LogP contribution in [0.2, 0.25) is 0 Å². The lowest BCUT2D eigenvalue weighted by Crippen LogP contribution is -2.59. The topological polar surface area (TPSA) is 85.1 Å². The molecule has 0 aromatic rings. The molecular formula is C22H36N2O5. The van der Waals surface area contributed by atoms with Gasteiger partial charge >= 0.3 is 0 Å². The van der Waals surface area contributed by atoms with Crippen LogP contribution in [0, 0.1) is 45.1 Å². The van der Waals surface area contributed by atoms with Crippen molar-refractivity contribution < 1.29 is 19.9 Å². The summed E-state index contributed by atoms with van der Waals surface area (Å²) in [5.74, 6) is 2.89. The van der Waals surface area contributed by atoms with Crippen molar-refractivity contribution in [1.29, 1.82) is 0 Å². The summed E-state index contributed by atoms with van der Waals surface area (Å²) in [6, 6.07) is 0. The summed E-state index contributed by atoms with van der Waals surface area (Å²) < 4.78 is 6.25. The van der Waals surface area contributed by atoms with Crippen molar-refractivity contribution in [3.8, 4) is 0 Å². The summed E-state index contributed by atoms with van der Waals surface area (Å²) in [5, 5.41) is 22.7. The Kier molecular flexibility index (Phi) is 4.51. The SMILES string of the molecule is CC1(C)COC2(CC[C@]3(C)C4CCC5C(CC[C@@H]5O[N+](=O)[O-])C4CC[C@H]3C2)N1O. The molecule has 29 heavy (non-hydrogen) atoms. The van der Waals surface area contributed by atoms with E-state index in [4.69, 9.17) is 9.57 Å². The first-order valence-electron chi connectivity index (χ1n) is 11.6. The first-order valence-corrected chi connectivity index (χ1v) is 11.6. The van der Waals surface area contributed by atoms with E-state index in [9.17, 15) is 15.3 Å². The van der Waals surface area contributed by atoms with Gasteiger partial charge in [-0.2, -0.15) is 5.06 Å². The van der Waals surface area contributed by atoms with Gasteiger partial charge in [0.05, 0.1) is 12.1 Å². The second kappa shape index (κ2) is 6.54. The Bertz CT molecular complexity index is 686. The Balaban J connectivity index is 1.34. The van der Waals surface area contributed by atoms with Gasteiger partial charge in [0.25, 0.3) is 5.09 Å². The summed E-state index contributed by atoms with van der Waals surface area (Å²) in [7, 11) is 0. The summed E-state index contributed by atoms with van der Waals surface area (Å²) in [6.45, 7) is 7.18. The summed E-state index contributed by atoms with van der Waals surface area (Å²) in [6.07, 6.45) is 9.26. The number of hydrogen-bond acceptors (Lipinski definition) is 6. The molecule has 1 aliphatic heterocycles. The first kappa shape index (κ1) is 20.0. The molecule has 5 unspecified atom stereocenters. The monoisotopic (exact) mass is 408 g/mol. The molecule has 8 atom stereocenters. The van der Waals surface area contributed by atoms with Crippen LogP contribution >= 0.6 is 0 Å². The van der Waals surface area contributed by atoms with E-state index in [2.05, 4.69) is 20.8 Å². The van der Waals surface area contributed by atoms with Crippen LogP contribution in [-0.2, 0) is 9.57 Å². The van der Waals surface area contributed by atoms with Crippen LogP contribution in [-0.4, -0.2) is 39.3 Å². The Morgan fingerprint density at radius 1 is 1.03 bits per heavy atom. The summed E-state index contributed by atoms with van der Waals surface area (Å²) in [5.41, 5.74) is -0.535. The van der Waals surface area contributed by atoms with Gasteiger partial charge in [0.15, 0.2) is 0 Å². The maximum absolute atomic E-state index is 10.9. The van der Waals surface area contributed by atoms with E-state index in [1.807, 2.05) is 0 Å². The second-order valence-electron chi connectivity index (χ2n) is 11.5. The van der Waals surface area contributed by atoms with E-state index in [1.54, 1.807) is 0 Å². The average Bonchev–Trinajstić information content (AvgIpc) is 3.17. The maximum Gasteiger partial charge on any atom is 0.294 e. The average molecular weight is 409 g/mol. The van der Waals surface area contributed by atoms with E-state index >= 15 is 0 Å². The largest absolute Gasteiger partial charge is 0.356 e. The molecule has 4 aliphatic carbocycles. The van der Waals surface area contributed by atoms with Gasteiger partial charge in [-0.25, -0.2) is 0 Å². The molecule has 5 aliphatic rings. The minimum atomic E-state index is -0.582. The van der Waals surface area contributed by atoms with Crippen LogP contribution in [0.3, 0.4) is 0 Å². The van der Waals surface area contributed by atoms with Crippen molar-refractivity contribution in [3.63, 3.8) is 0 Å². The molecule has 1 heterocycles. The van der Waals surface area contributed by atoms with Crippen LogP contribution in [0.5, 0.6) is 0 Å². The number of hydroxylamine groups is 2. The van der Waals surface area contributed by atoms with Crippen molar-refractivity contribution in [2.24, 2.45) is 35.0 Å². The highest BCUT2D eigenvalue weighted by Crippen LogP contribution is 2.65. The third-order valence-corrected chi connectivity index (χ3v) is 9.81. The molecule has 1 N–H and O–H groups in total. The molecule has 0 aromatic carbocycles. The van der Waals surface area contributed by atoms with Crippen LogP contribution in [0.1, 0.15) is 78.6 Å². The Morgan fingerprint density at radius 3 is 2.45 bits per heavy atom. The number of nitrogens with zero attached hydrogens (tertiary/aromatic N) is 2. The summed E-state index contributed by atoms with van der Waals surface area (Å²) >= 11 is 0. The van der Waals surface area contributed by atoms with Gasteiger partial charge in [-0.1, -0.05) is 6.92 Å². The van der Waals surface area contributed by atoms with E-state index in [0.29, 0.717) is 36.2 Å². The van der Waals surface area contributed by atoms with Crippen LogP contribution in [0.25, 0.3) is 0 Å². The van der Waals surface area contributed by atoms with Crippen molar-refractivity contribution in [1.82, 2.24) is 5.06 Å². The van der Waals surface area contributed by atoms with Gasteiger partial charge in [0, 0.05) is 0 Å².